The molecule has 2 heterocycles. The van der Waals surface area contributed by atoms with Crippen molar-refractivity contribution in [1.82, 2.24) is 14.6 Å². The Balaban J connectivity index is 1.46. The fraction of sp³-hybridized carbons (Fsp3) is 0.0556. The predicted octanol–water partition coefficient (Wildman–Crippen LogP) is 2.84. The first-order valence-corrected chi connectivity index (χ1v) is 11.8. The van der Waals surface area contributed by atoms with Gasteiger partial charge >= 0.3 is 0 Å². The lowest BCUT2D eigenvalue weighted by Gasteiger charge is -2.06. The number of nitrogens with two attached hydrogens (primary N) is 1. The number of aromatic nitrogens is 3. The molecule has 4 rings (SSSR count). The second kappa shape index (κ2) is 7.95. The van der Waals surface area contributed by atoms with Gasteiger partial charge in [0.2, 0.25) is 20.9 Å². The smallest absolute Gasteiger partial charge is 0.238 e. The van der Waals surface area contributed by atoms with Crippen LogP contribution < -0.4 is 10.5 Å². The second-order valence-corrected chi connectivity index (χ2v) is 9.33. The maximum Gasteiger partial charge on any atom is 0.238 e. The zero-order valence-corrected chi connectivity index (χ0v) is 17.3. The summed E-state index contributed by atoms with van der Waals surface area (Å²) in [5, 5.41) is 18.8. The van der Waals surface area contributed by atoms with Crippen LogP contribution in [0.5, 0.6) is 0 Å². The fourth-order valence-corrected chi connectivity index (χ4v) is 4.81. The van der Waals surface area contributed by atoms with Gasteiger partial charge in [-0.3, -0.25) is 9.20 Å². The number of rotatable bonds is 6. The molecule has 0 saturated heterocycles. The molecule has 1 amide bonds. The van der Waals surface area contributed by atoms with Gasteiger partial charge in [-0.2, -0.15) is 0 Å². The number of benzene rings is 2. The Bertz CT molecular complexity index is 1270. The van der Waals surface area contributed by atoms with Gasteiger partial charge in [0, 0.05) is 11.1 Å². The molecule has 0 radical (unpaired) electrons. The lowest BCUT2D eigenvalue weighted by Crippen LogP contribution is -2.15. The molecule has 4 aromatic rings. The molecular weight excluding hydrogens is 430 g/mol. The van der Waals surface area contributed by atoms with Crippen LogP contribution in [0.4, 0.5) is 5.69 Å². The van der Waals surface area contributed by atoms with Crippen molar-refractivity contribution in [3.8, 4) is 11.3 Å². The van der Waals surface area contributed by atoms with Crippen molar-refractivity contribution in [3.05, 3.63) is 60.0 Å². The first kappa shape index (κ1) is 19.6. The van der Waals surface area contributed by atoms with Crippen molar-refractivity contribution in [2.45, 2.75) is 10.1 Å². The summed E-state index contributed by atoms with van der Waals surface area (Å²) in [4.78, 5) is 13.0. The monoisotopic (exact) mass is 445 g/mol. The molecule has 11 heteroatoms. The molecule has 0 fully saturated rings. The zero-order chi connectivity index (χ0) is 20.4. The first-order valence-electron chi connectivity index (χ1n) is 8.35. The third kappa shape index (κ3) is 4.32. The Morgan fingerprint density at radius 1 is 1.10 bits per heavy atom. The first-order chi connectivity index (χ1) is 13.9. The van der Waals surface area contributed by atoms with Gasteiger partial charge in [0.1, 0.15) is 0 Å². The lowest BCUT2D eigenvalue weighted by molar-refractivity contribution is -0.113. The molecule has 2 aromatic carbocycles. The van der Waals surface area contributed by atoms with Crippen LogP contribution in [0.1, 0.15) is 0 Å². The molecule has 2 aromatic heterocycles. The number of hydrogen-bond donors (Lipinski definition) is 2. The van der Waals surface area contributed by atoms with Gasteiger partial charge in [0.05, 0.1) is 16.3 Å². The third-order valence-corrected chi connectivity index (χ3v) is 6.66. The van der Waals surface area contributed by atoms with Crippen LogP contribution >= 0.6 is 23.1 Å². The van der Waals surface area contributed by atoms with Crippen molar-refractivity contribution in [1.29, 1.82) is 0 Å². The Morgan fingerprint density at radius 3 is 2.52 bits per heavy atom. The van der Waals surface area contributed by atoms with Gasteiger partial charge in [-0.25, -0.2) is 13.6 Å². The van der Waals surface area contributed by atoms with E-state index in [2.05, 4.69) is 15.5 Å². The second-order valence-electron chi connectivity index (χ2n) is 5.99. The summed E-state index contributed by atoms with van der Waals surface area (Å²) >= 11 is 2.76. The van der Waals surface area contributed by atoms with Crippen LogP contribution in [0.25, 0.3) is 16.2 Å². The molecule has 29 heavy (non-hydrogen) atoms. The molecule has 0 bridgehead atoms. The lowest BCUT2D eigenvalue weighted by atomic mass is 10.2. The number of carbonyl (C=O) groups excluding carboxylic acids is 1. The number of anilines is 1. The Hall–Kier alpha value is -2.73. The molecule has 3 N–H and O–H groups in total. The highest BCUT2D eigenvalue weighted by atomic mass is 32.2. The summed E-state index contributed by atoms with van der Waals surface area (Å²) in [7, 11) is -3.76. The Kier molecular flexibility index (Phi) is 5.37. The highest BCUT2D eigenvalue weighted by Gasteiger charge is 2.15. The maximum atomic E-state index is 12.3. The highest BCUT2D eigenvalue weighted by molar-refractivity contribution is 7.99. The van der Waals surface area contributed by atoms with Crippen LogP contribution in [0.15, 0.2) is 70.0 Å². The number of sulfonamides is 1. The summed E-state index contributed by atoms with van der Waals surface area (Å²) < 4.78 is 24.5. The van der Waals surface area contributed by atoms with E-state index in [1.54, 1.807) is 0 Å². The average molecular weight is 446 g/mol. The van der Waals surface area contributed by atoms with Gasteiger partial charge in [-0.15, -0.1) is 21.5 Å². The van der Waals surface area contributed by atoms with Crippen molar-refractivity contribution in [2.24, 2.45) is 5.14 Å². The third-order valence-electron chi connectivity index (χ3n) is 3.99. The molecule has 148 valence electrons. The van der Waals surface area contributed by atoms with Crippen LogP contribution in [-0.2, 0) is 14.8 Å². The topological polar surface area (TPSA) is 119 Å². The molecule has 8 nitrogen and oxygen atoms in total. The van der Waals surface area contributed by atoms with Crippen LogP contribution in [-0.4, -0.2) is 34.7 Å². The summed E-state index contributed by atoms with van der Waals surface area (Å²) in [6.07, 6.45) is 0. The van der Waals surface area contributed by atoms with E-state index in [0.717, 1.165) is 16.2 Å². The van der Waals surface area contributed by atoms with Crippen LogP contribution in [0.2, 0.25) is 0 Å². The predicted molar refractivity (Wildman–Crippen MR) is 113 cm³/mol. The van der Waals surface area contributed by atoms with Crippen molar-refractivity contribution in [3.63, 3.8) is 0 Å². The van der Waals surface area contributed by atoms with E-state index < -0.39 is 10.0 Å². The summed E-state index contributed by atoms with van der Waals surface area (Å²) in [5.41, 5.74) is 2.49. The molecule has 0 saturated carbocycles. The summed E-state index contributed by atoms with van der Waals surface area (Å²) in [5.74, 6) is -0.117. The largest absolute Gasteiger partial charge is 0.325 e. The number of nitrogens with one attached hydrogen (secondary N) is 1. The van der Waals surface area contributed by atoms with E-state index in [0.29, 0.717) is 10.8 Å². The standard InChI is InChI=1S/C18H15N5O3S3/c19-29(25,26)14-8-6-13(7-9-14)20-16(24)11-28-18-22-21-17-23(18)15(10-27-17)12-4-2-1-3-5-12/h1-10H,11H2,(H,20,24)(H2,19,25,26). The van der Waals surface area contributed by atoms with Crippen LogP contribution in [0, 0.1) is 0 Å². The Morgan fingerprint density at radius 2 is 1.83 bits per heavy atom. The average Bonchev–Trinajstić information content (AvgIpc) is 3.29. The van der Waals surface area contributed by atoms with E-state index in [9.17, 15) is 13.2 Å². The summed E-state index contributed by atoms with van der Waals surface area (Å²) in [6, 6.07) is 15.6. The molecule has 0 aliphatic heterocycles. The molecule has 0 unspecified atom stereocenters. The van der Waals surface area contributed by atoms with Gasteiger partial charge in [0.15, 0.2) is 5.16 Å². The SMILES string of the molecule is NS(=O)(=O)c1ccc(NC(=O)CSc2nnc3scc(-c4ccccc4)n23)cc1. The number of primary sulfonamides is 1. The molecule has 0 aliphatic carbocycles. The van der Waals surface area contributed by atoms with Crippen molar-refractivity contribution < 1.29 is 13.2 Å². The van der Waals surface area contributed by atoms with E-state index in [4.69, 9.17) is 5.14 Å². The van der Waals surface area contributed by atoms with E-state index in [-0.39, 0.29) is 16.6 Å². The number of nitrogens with zero attached hydrogens (tertiary/aromatic N) is 3. The minimum Gasteiger partial charge on any atom is -0.325 e. The van der Waals surface area contributed by atoms with E-state index in [1.165, 1.54) is 47.4 Å². The molecular formula is C18H15N5O3S3. The van der Waals surface area contributed by atoms with Crippen LogP contribution in [0.3, 0.4) is 0 Å². The van der Waals surface area contributed by atoms with Crippen molar-refractivity contribution in [2.75, 3.05) is 11.1 Å². The van der Waals surface area contributed by atoms with Crippen molar-refractivity contribution >= 4 is 49.7 Å². The van der Waals surface area contributed by atoms with Gasteiger partial charge in [0.25, 0.3) is 0 Å². The van der Waals surface area contributed by atoms with E-state index in [1.807, 2.05) is 40.1 Å². The zero-order valence-electron chi connectivity index (χ0n) is 14.8. The molecule has 0 atom stereocenters. The number of hydrogen-bond acceptors (Lipinski definition) is 7. The minimum absolute atomic E-state index is 0.0124. The number of carbonyl (C=O) groups is 1. The summed E-state index contributed by atoms with van der Waals surface area (Å²) in [6.45, 7) is 0. The van der Waals surface area contributed by atoms with Gasteiger partial charge < -0.3 is 5.32 Å². The minimum atomic E-state index is -3.76. The fourth-order valence-electron chi connectivity index (χ4n) is 2.65. The van der Waals surface area contributed by atoms with E-state index >= 15 is 0 Å². The molecule has 0 spiro atoms. The number of amides is 1. The normalized spacial score (nSPS) is 11.6. The Labute approximate surface area is 174 Å². The molecule has 0 aliphatic rings. The quantitative estimate of drug-likeness (QED) is 0.441. The maximum absolute atomic E-state index is 12.3. The number of thioether (sulfide) groups is 1. The van der Waals surface area contributed by atoms with Gasteiger partial charge in [-0.1, -0.05) is 42.1 Å². The number of fused-ring (bicyclic) bond motifs is 1. The number of thiazole rings is 1. The highest BCUT2D eigenvalue weighted by Crippen LogP contribution is 2.29. The van der Waals surface area contributed by atoms with Gasteiger partial charge in [-0.05, 0) is 29.8 Å².